The Bertz CT molecular complexity index is 277. The fourth-order valence-corrected chi connectivity index (χ4v) is 0.646. The molecule has 0 bridgehead atoms. The molecule has 0 N–H and O–H groups in total. The number of halogens is 4. The van der Waals surface area contributed by atoms with Gasteiger partial charge < -0.3 is 0 Å². The predicted molar refractivity (Wildman–Crippen MR) is 38.4 cm³/mol. The van der Waals surface area contributed by atoms with E-state index in [2.05, 4.69) is 23.2 Å². The van der Waals surface area contributed by atoms with Gasteiger partial charge in [-0.25, -0.2) is 0 Å². The van der Waals surface area contributed by atoms with E-state index in [1.165, 1.54) is 0 Å². The molecule has 2 atom stereocenters. The number of hydrogen-bond acceptors (Lipinski definition) is 5. The summed E-state index contributed by atoms with van der Waals surface area (Å²) in [5, 5.41) is 10.6. The Morgan fingerprint density at radius 3 is 1.43 bits per heavy atom. The first-order chi connectivity index (χ1) is 6.04. The van der Waals surface area contributed by atoms with Crippen LogP contribution in [0.3, 0.4) is 0 Å². The number of alkyl halides is 4. The van der Waals surface area contributed by atoms with E-state index >= 15 is 0 Å². The molecule has 11 heteroatoms. The fourth-order valence-electron chi connectivity index (χ4n) is 0.347. The van der Waals surface area contributed by atoms with E-state index in [1.54, 1.807) is 0 Å². The van der Waals surface area contributed by atoms with Gasteiger partial charge in [0.2, 0.25) is 0 Å². The zero-order chi connectivity index (χ0) is 11.7. The van der Waals surface area contributed by atoms with E-state index in [0.29, 0.717) is 0 Å². The quantitative estimate of drug-likeness (QED) is 0.319. The smallest absolute Gasteiger partial charge is 0.273 e. The molecule has 0 aliphatic heterocycles. The van der Waals surface area contributed by atoms with Crippen LogP contribution in [0.1, 0.15) is 0 Å². The Morgan fingerprint density at radius 1 is 1.07 bits per heavy atom. The maximum Gasteiger partial charge on any atom is 0.509 e. The Balaban J connectivity index is 5.16. The highest BCUT2D eigenvalue weighted by atomic mass is 35.5. The molecule has 0 saturated heterocycles. The summed E-state index contributed by atoms with van der Waals surface area (Å²) in [7, 11) is 0. The van der Waals surface area contributed by atoms with Gasteiger partial charge in [0.25, 0.3) is 0 Å². The number of carbonyl (C=O) groups is 1. The number of Topliss-reactive ketones (excluding diaryl/α,β-unsaturated/α-hetero) is 1. The van der Waals surface area contributed by atoms with Crippen LogP contribution in [-0.4, -0.2) is 26.1 Å². The third-order valence-corrected chi connectivity index (χ3v) is 1.62. The maximum atomic E-state index is 12.6. The summed E-state index contributed by atoms with van der Waals surface area (Å²) in [6.45, 7) is 0. The van der Waals surface area contributed by atoms with Crippen molar-refractivity contribution in [3.63, 3.8) is 0 Å². The average Bonchev–Trinajstić information content (AvgIpc) is 2.02. The second kappa shape index (κ2) is 3.58. The van der Waals surface area contributed by atoms with E-state index in [4.69, 9.17) is 0 Å². The van der Waals surface area contributed by atoms with Crippen molar-refractivity contribution in [2.24, 2.45) is 0 Å². The normalized spacial score (nSPS) is 19.1. The summed E-state index contributed by atoms with van der Waals surface area (Å²) in [5.41, 5.74) is 0. The lowest BCUT2D eigenvalue weighted by molar-refractivity contribution is -0.584. The first-order valence-electron chi connectivity index (χ1n) is 2.64. The average molecular weight is 253 g/mol. The zero-order valence-electron chi connectivity index (χ0n) is 5.95. The molecule has 0 aromatic heterocycles. The summed E-state index contributed by atoms with van der Waals surface area (Å²) >= 11 is 8.61. The molecule has 0 aromatic carbocycles. The van der Waals surface area contributed by atoms with Crippen LogP contribution < -0.4 is 0 Å². The van der Waals surface area contributed by atoms with Crippen molar-refractivity contribution in [2.45, 2.75) is 10.5 Å². The van der Waals surface area contributed by atoms with Crippen molar-refractivity contribution < 1.29 is 23.4 Å². The van der Waals surface area contributed by atoms with Crippen molar-refractivity contribution in [1.29, 1.82) is 0 Å². The van der Waals surface area contributed by atoms with Gasteiger partial charge in [0, 0.05) is 23.2 Å². The Morgan fingerprint density at radius 2 is 1.29 bits per heavy atom. The van der Waals surface area contributed by atoms with Gasteiger partial charge in [0.1, 0.15) is 0 Å². The molecule has 0 amide bonds. The second-order valence-electron chi connectivity index (χ2n) is 1.93. The SMILES string of the molecule is O=C(C(F)(Cl)[N+](=O)[O-])C(F)(Cl)[N+](=O)[O-]. The molecule has 2 unspecified atom stereocenters. The molecule has 0 aromatic rings. The van der Waals surface area contributed by atoms with Crippen LogP contribution in [0.15, 0.2) is 0 Å². The van der Waals surface area contributed by atoms with Crippen molar-refractivity contribution in [3.8, 4) is 0 Å². The predicted octanol–water partition coefficient (Wildman–Crippen LogP) is 0.833. The molecule has 0 saturated carbocycles. The third kappa shape index (κ3) is 2.04. The Kier molecular flexibility index (Phi) is 3.30. The van der Waals surface area contributed by atoms with E-state index in [9.17, 15) is 33.8 Å². The molecule has 0 aliphatic rings. The Labute approximate surface area is 83.9 Å². The largest absolute Gasteiger partial charge is 0.509 e. The van der Waals surface area contributed by atoms with Crippen LogP contribution in [0.25, 0.3) is 0 Å². The lowest BCUT2D eigenvalue weighted by Gasteiger charge is -2.10. The highest BCUT2D eigenvalue weighted by Gasteiger charge is 2.68. The van der Waals surface area contributed by atoms with Gasteiger partial charge in [-0.2, -0.15) is 0 Å². The van der Waals surface area contributed by atoms with Crippen LogP contribution in [-0.2, 0) is 4.79 Å². The molecular formula is C3Cl2F2N2O5. The van der Waals surface area contributed by atoms with Crippen molar-refractivity contribution in [2.75, 3.05) is 0 Å². The number of ketones is 1. The highest BCUT2D eigenvalue weighted by molar-refractivity contribution is 6.41. The van der Waals surface area contributed by atoms with Gasteiger partial charge in [0.05, 0.1) is 9.85 Å². The summed E-state index contributed by atoms with van der Waals surface area (Å²) in [4.78, 5) is 25.9. The number of rotatable bonds is 4. The van der Waals surface area contributed by atoms with E-state index in [-0.39, 0.29) is 0 Å². The van der Waals surface area contributed by atoms with Gasteiger partial charge in [0.15, 0.2) is 0 Å². The highest BCUT2D eigenvalue weighted by Crippen LogP contribution is 2.31. The van der Waals surface area contributed by atoms with Crippen LogP contribution in [0, 0.1) is 20.2 Å². The van der Waals surface area contributed by atoms with E-state index < -0.39 is 26.1 Å². The number of carbonyl (C=O) groups excluding carboxylic acids is 1. The molecule has 0 spiro atoms. The molecule has 7 nitrogen and oxygen atoms in total. The van der Waals surface area contributed by atoms with Crippen LogP contribution in [0.4, 0.5) is 8.78 Å². The van der Waals surface area contributed by atoms with Crippen LogP contribution in [0.2, 0.25) is 0 Å². The standard InChI is InChI=1S/C3Cl2F2N2O5/c4-2(6,8(11)12)1(10)3(5,7)9(13)14. The van der Waals surface area contributed by atoms with Crippen molar-refractivity contribution in [3.05, 3.63) is 20.2 Å². The first kappa shape index (κ1) is 12.9. The first-order valence-corrected chi connectivity index (χ1v) is 3.39. The number of hydrogen-bond donors (Lipinski definition) is 0. The summed E-state index contributed by atoms with van der Waals surface area (Å²) < 4.78 is 25.1. The van der Waals surface area contributed by atoms with E-state index in [0.717, 1.165) is 0 Å². The maximum absolute atomic E-state index is 12.6. The number of nitrogens with zero attached hydrogens (tertiary/aromatic N) is 2. The molecule has 14 heavy (non-hydrogen) atoms. The van der Waals surface area contributed by atoms with Crippen molar-refractivity contribution in [1.82, 2.24) is 0 Å². The molecule has 0 rings (SSSR count). The van der Waals surface area contributed by atoms with E-state index in [1.807, 2.05) is 0 Å². The number of nitro groups is 2. The third-order valence-electron chi connectivity index (χ3n) is 1.00. The monoisotopic (exact) mass is 252 g/mol. The van der Waals surface area contributed by atoms with Gasteiger partial charge in [-0.1, -0.05) is 0 Å². The second-order valence-corrected chi connectivity index (χ2v) is 2.93. The minimum Gasteiger partial charge on any atom is -0.273 e. The topological polar surface area (TPSA) is 103 Å². The molecule has 0 fully saturated rings. The molecular weight excluding hydrogens is 253 g/mol. The van der Waals surface area contributed by atoms with Gasteiger partial charge >= 0.3 is 16.3 Å². The summed E-state index contributed by atoms with van der Waals surface area (Å²) in [6, 6.07) is 0. The molecule has 80 valence electrons. The van der Waals surface area contributed by atoms with Crippen LogP contribution in [0.5, 0.6) is 0 Å². The van der Waals surface area contributed by atoms with Gasteiger partial charge in [-0.05, 0) is 0 Å². The van der Waals surface area contributed by atoms with Gasteiger partial charge in [-0.15, -0.1) is 8.78 Å². The lowest BCUT2D eigenvalue weighted by Crippen LogP contribution is -2.50. The van der Waals surface area contributed by atoms with Crippen LogP contribution >= 0.6 is 23.2 Å². The zero-order valence-corrected chi connectivity index (χ0v) is 7.46. The van der Waals surface area contributed by atoms with Gasteiger partial charge in [-0.3, -0.25) is 25.0 Å². The molecule has 0 radical (unpaired) electrons. The van der Waals surface area contributed by atoms with Crippen molar-refractivity contribution >= 4 is 29.0 Å². The minimum atomic E-state index is -4.47. The lowest BCUT2D eigenvalue weighted by atomic mass is 10.3. The molecule has 0 aliphatic carbocycles. The minimum absolute atomic E-state index is 2.04. The summed E-state index contributed by atoms with van der Waals surface area (Å²) in [6.07, 6.45) is 0. The molecule has 0 heterocycles. The fraction of sp³-hybridized carbons (Fsp3) is 0.667. The Hall–Kier alpha value is -1.09. The summed E-state index contributed by atoms with van der Waals surface area (Å²) in [5.74, 6) is -2.82.